The smallest absolute Gasteiger partial charge is 0.151 e. The fourth-order valence-corrected chi connectivity index (χ4v) is 2.15. The van der Waals surface area contributed by atoms with E-state index in [-0.39, 0.29) is 11.5 Å². The summed E-state index contributed by atoms with van der Waals surface area (Å²) in [5.74, 6) is 1.39. The molecule has 0 bridgehead atoms. The lowest BCUT2D eigenvalue weighted by molar-refractivity contribution is 0.597. The van der Waals surface area contributed by atoms with Crippen molar-refractivity contribution in [3.63, 3.8) is 0 Å². The van der Waals surface area contributed by atoms with Crippen molar-refractivity contribution in [1.29, 1.82) is 0 Å². The molecule has 0 atom stereocenters. The lowest BCUT2D eigenvalue weighted by Crippen LogP contribution is -2.18. The number of aromatic nitrogens is 2. The molecule has 0 aromatic carbocycles. The zero-order valence-corrected chi connectivity index (χ0v) is 11.7. The number of hydrogen-bond donors (Lipinski definition) is 1. The molecule has 1 heterocycles. The minimum atomic E-state index is -2.96. The molecule has 1 aromatic heterocycles. The van der Waals surface area contributed by atoms with Crippen molar-refractivity contribution < 1.29 is 8.42 Å². The van der Waals surface area contributed by atoms with Gasteiger partial charge in [-0.05, 0) is 13.8 Å². The first kappa shape index (κ1) is 14.2. The van der Waals surface area contributed by atoms with Crippen LogP contribution in [0.1, 0.15) is 18.3 Å². The predicted molar refractivity (Wildman–Crippen MR) is 69.3 cm³/mol. The molecule has 96 valence electrons. The average molecular weight is 278 g/mol. The van der Waals surface area contributed by atoms with E-state index in [1.54, 1.807) is 20.8 Å². The van der Waals surface area contributed by atoms with E-state index in [0.29, 0.717) is 23.3 Å². The lowest BCUT2D eigenvalue weighted by Gasteiger charge is -2.09. The highest BCUT2D eigenvalue weighted by Gasteiger charge is 2.10. The fraction of sp³-hybridized carbons (Fsp3) is 0.600. The molecule has 0 amide bonds. The van der Waals surface area contributed by atoms with E-state index >= 15 is 0 Å². The number of rotatable bonds is 5. The fourth-order valence-electron chi connectivity index (χ4n) is 1.24. The maximum Gasteiger partial charge on any atom is 0.151 e. The molecule has 0 aliphatic heterocycles. The van der Waals surface area contributed by atoms with Crippen LogP contribution in [0.3, 0.4) is 0 Å². The zero-order chi connectivity index (χ0) is 13.1. The van der Waals surface area contributed by atoms with Gasteiger partial charge in [-0.25, -0.2) is 18.4 Å². The molecule has 1 N–H and O–H groups in total. The van der Waals surface area contributed by atoms with Crippen molar-refractivity contribution in [3.05, 3.63) is 16.5 Å². The molecule has 0 unspecified atom stereocenters. The van der Waals surface area contributed by atoms with Crippen molar-refractivity contribution in [2.75, 3.05) is 23.4 Å². The summed E-state index contributed by atoms with van der Waals surface area (Å²) in [6.45, 7) is 5.48. The van der Waals surface area contributed by atoms with Gasteiger partial charge in [-0.2, -0.15) is 0 Å². The van der Waals surface area contributed by atoms with Crippen LogP contribution in [0.4, 0.5) is 5.82 Å². The second-order valence-corrected chi connectivity index (χ2v) is 6.53. The number of halogens is 1. The molecule has 1 aromatic rings. The molecule has 0 saturated carbocycles. The van der Waals surface area contributed by atoms with Crippen LogP contribution in [0.25, 0.3) is 0 Å². The number of anilines is 1. The Morgan fingerprint density at radius 1 is 1.29 bits per heavy atom. The van der Waals surface area contributed by atoms with Gasteiger partial charge >= 0.3 is 0 Å². The van der Waals surface area contributed by atoms with E-state index in [2.05, 4.69) is 15.3 Å². The van der Waals surface area contributed by atoms with Crippen molar-refractivity contribution in [1.82, 2.24) is 9.97 Å². The predicted octanol–water partition coefficient (Wildman–Crippen LogP) is 1.59. The highest BCUT2D eigenvalue weighted by molar-refractivity contribution is 7.91. The second-order valence-electron chi connectivity index (χ2n) is 3.70. The summed E-state index contributed by atoms with van der Waals surface area (Å²) in [6, 6.07) is 0. The van der Waals surface area contributed by atoms with E-state index in [0.717, 1.165) is 5.56 Å². The topological polar surface area (TPSA) is 72.0 Å². The molecule has 17 heavy (non-hydrogen) atoms. The summed E-state index contributed by atoms with van der Waals surface area (Å²) in [7, 11) is -2.96. The third-order valence-corrected chi connectivity index (χ3v) is 4.42. The van der Waals surface area contributed by atoms with Crippen LogP contribution in [0.2, 0.25) is 5.15 Å². The summed E-state index contributed by atoms with van der Waals surface area (Å²) in [5.41, 5.74) is 0.728. The Bertz CT molecular complexity index is 503. The average Bonchev–Trinajstić information content (AvgIpc) is 2.24. The first-order valence-corrected chi connectivity index (χ1v) is 7.50. The summed E-state index contributed by atoms with van der Waals surface area (Å²) in [5, 5.41) is 3.36. The van der Waals surface area contributed by atoms with E-state index in [1.807, 2.05) is 0 Å². The van der Waals surface area contributed by atoms with Gasteiger partial charge in [0.2, 0.25) is 0 Å². The summed E-state index contributed by atoms with van der Waals surface area (Å²) < 4.78 is 22.6. The number of nitrogens with zero attached hydrogens (tertiary/aromatic N) is 2. The first-order chi connectivity index (χ1) is 7.85. The molecule has 0 fully saturated rings. The van der Waals surface area contributed by atoms with E-state index < -0.39 is 9.84 Å². The van der Waals surface area contributed by atoms with Crippen LogP contribution in [0.15, 0.2) is 0 Å². The molecular weight excluding hydrogens is 262 g/mol. The third-order valence-electron chi connectivity index (χ3n) is 2.34. The van der Waals surface area contributed by atoms with Crippen molar-refractivity contribution in [2.45, 2.75) is 20.8 Å². The molecular formula is C10H16ClN3O2S. The molecule has 7 heteroatoms. The molecule has 0 aliphatic rings. The monoisotopic (exact) mass is 277 g/mol. The van der Waals surface area contributed by atoms with Crippen LogP contribution in [0, 0.1) is 13.8 Å². The normalized spacial score (nSPS) is 11.5. The van der Waals surface area contributed by atoms with Gasteiger partial charge in [0.05, 0.1) is 5.75 Å². The van der Waals surface area contributed by atoms with Crippen molar-refractivity contribution in [2.24, 2.45) is 0 Å². The van der Waals surface area contributed by atoms with E-state index in [4.69, 9.17) is 11.6 Å². The van der Waals surface area contributed by atoms with Crippen LogP contribution in [-0.4, -0.2) is 36.4 Å². The van der Waals surface area contributed by atoms with Crippen molar-refractivity contribution in [3.8, 4) is 0 Å². The van der Waals surface area contributed by atoms with E-state index in [9.17, 15) is 8.42 Å². The van der Waals surface area contributed by atoms with E-state index in [1.165, 1.54) is 0 Å². The molecule has 0 spiro atoms. The maximum atomic E-state index is 11.3. The third kappa shape index (κ3) is 4.12. The van der Waals surface area contributed by atoms with Gasteiger partial charge in [-0.3, -0.25) is 0 Å². The number of sulfone groups is 1. The summed E-state index contributed by atoms with van der Waals surface area (Å²) in [6.07, 6.45) is 0. The number of aryl methyl sites for hydroxylation is 1. The minimum Gasteiger partial charge on any atom is -0.369 e. The lowest BCUT2D eigenvalue weighted by atomic mass is 10.3. The van der Waals surface area contributed by atoms with Crippen LogP contribution >= 0.6 is 11.6 Å². The van der Waals surface area contributed by atoms with Gasteiger partial charge in [0.15, 0.2) is 9.84 Å². The van der Waals surface area contributed by atoms with Gasteiger partial charge in [-0.1, -0.05) is 18.5 Å². The van der Waals surface area contributed by atoms with Gasteiger partial charge in [0.1, 0.15) is 16.8 Å². The second kappa shape index (κ2) is 5.64. The highest BCUT2D eigenvalue weighted by Crippen LogP contribution is 2.19. The Morgan fingerprint density at radius 3 is 2.53 bits per heavy atom. The summed E-state index contributed by atoms with van der Waals surface area (Å²) >= 11 is 5.91. The zero-order valence-electron chi connectivity index (χ0n) is 10.1. The Balaban J connectivity index is 2.70. The van der Waals surface area contributed by atoms with Crippen LogP contribution < -0.4 is 5.32 Å². The molecule has 1 rings (SSSR count). The number of hydrogen-bond acceptors (Lipinski definition) is 5. The molecule has 0 radical (unpaired) electrons. The Labute approximate surface area is 107 Å². The molecule has 0 aliphatic carbocycles. The largest absolute Gasteiger partial charge is 0.369 e. The first-order valence-electron chi connectivity index (χ1n) is 5.30. The quantitative estimate of drug-likeness (QED) is 0.828. The maximum absolute atomic E-state index is 11.3. The van der Waals surface area contributed by atoms with Gasteiger partial charge < -0.3 is 5.32 Å². The van der Waals surface area contributed by atoms with Crippen LogP contribution in [-0.2, 0) is 9.84 Å². The van der Waals surface area contributed by atoms with Crippen molar-refractivity contribution >= 4 is 27.3 Å². The van der Waals surface area contributed by atoms with Crippen LogP contribution in [0.5, 0.6) is 0 Å². The highest BCUT2D eigenvalue weighted by atomic mass is 35.5. The Kier molecular flexibility index (Phi) is 4.70. The summed E-state index contributed by atoms with van der Waals surface area (Å²) in [4.78, 5) is 8.18. The molecule has 0 saturated heterocycles. The van der Waals surface area contributed by atoms with Gasteiger partial charge in [0.25, 0.3) is 0 Å². The Morgan fingerprint density at radius 2 is 1.94 bits per heavy atom. The van der Waals surface area contributed by atoms with Gasteiger partial charge in [0, 0.05) is 17.9 Å². The Hall–Kier alpha value is -0.880. The van der Waals surface area contributed by atoms with Gasteiger partial charge in [-0.15, -0.1) is 0 Å². The SMILES string of the molecule is CCS(=O)(=O)CCNc1nc(C)nc(Cl)c1C. The molecule has 5 nitrogen and oxygen atoms in total. The standard InChI is InChI=1S/C10H16ClN3O2S/c1-4-17(15,16)6-5-12-10-7(2)9(11)13-8(3)14-10/h4-6H2,1-3H3,(H,12,13,14). The minimum absolute atomic E-state index is 0.0869. The number of nitrogens with one attached hydrogen (secondary N) is 1.